The monoisotopic (exact) mass is 298 g/mol. The SMILES string of the molecule is NCc1cn[nH]c1S(=O)(=O)N1CCc2sccc2C1. The summed E-state index contributed by atoms with van der Waals surface area (Å²) in [4.78, 5) is 1.27. The maximum absolute atomic E-state index is 12.6. The molecule has 3 heterocycles. The summed E-state index contributed by atoms with van der Waals surface area (Å²) in [7, 11) is -3.54. The van der Waals surface area contributed by atoms with Crippen LogP contribution in [0.25, 0.3) is 0 Å². The normalized spacial score (nSPS) is 16.5. The van der Waals surface area contributed by atoms with Crippen molar-refractivity contribution in [2.45, 2.75) is 24.5 Å². The Morgan fingerprint density at radius 3 is 3.16 bits per heavy atom. The fourth-order valence-electron chi connectivity index (χ4n) is 2.22. The zero-order chi connectivity index (χ0) is 13.5. The number of fused-ring (bicyclic) bond motifs is 1. The predicted octanol–water partition coefficient (Wildman–Crippen LogP) is 0.677. The molecule has 102 valence electrons. The Kier molecular flexibility index (Phi) is 3.17. The highest BCUT2D eigenvalue weighted by molar-refractivity contribution is 7.89. The molecule has 0 fully saturated rings. The van der Waals surface area contributed by atoms with Crippen LogP contribution in [0.15, 0.2) is 22.7 Å². The number of aromatic nitrogens is 2. The molecule has 0 amide bonds. The summed E-state index contributed by atoms with van der Waals surface area (Å²) < 4.78 is 26.6. The summed E-state index contributed by atoms with van der Waals surface area (Å²) in [6.45, 7) is 1.08. The fourth-order valence-corrected chi connectivity index (χ4v) is 4.65. The standard InChI is InChI=1S/C11H14N4O2S2/c12-5-9-6-13-14-11(9)19(16,17)15-3-1-10-8(7-15)2-4-18-10/h2,4,6H,1,3,5,7,12H2,(H,13,14). The van der Waals surface area contributed by atoms with E-state index in [9.17, 15) is 8.42 Å². The van der Waals surface area contributed by atoms with E-state index in [0.717, 1.165) is 12.0 Å². The number of thiophene rings is 1. The number of hydrogen-bond acceptors (Lipinski definition) is 5. The molecule has 1 aliphatic rings. The van der Waals surface area contributed by atoms with Gasteiger partial charge in [0.05, 0.1) is 6.20 Å². The van der Waals surface area contributed by atoms with Crippen LogP contribution in [0.1, 0.15) is 16.0 Å². The molecule has 0 saturated heterocycles. The molecule has 0 spiro atoms. The van der Waals surface area contributed by atoms with Crippen LogP contribution >= 0.6 is 11.3 Å². The van der Waals surface area contributed by atoms with Gasteiger partial charge in [-0.25, -0.2) is 8.42 Å². The van der Waals surface area contributed by atoms with Crippen molar-refractivity contribution < 1.29 is 8.42 Å². The van der Waals surface area contributed by atoms with Gasteiger partial charge in [0.2, 0.25) is 0 Å². The van der Waals surface area contributed by atoms with Crippen LogP contribution in [-0.2, 0) is 29.5 Å². The van der Waals surface area contributed by atoms with E-state index >= 15 is 0 Å². The smallest absolute Gasteiger partial charge is 0.260 e. The van der Waals surface area contributed by atoms with Crippen molar-refractivity contribution in [3.05, 3.63) is 33.6 Å². The van der Waals surface area contributed by atoms with Gasteiger partial charge >= 0.3 is 0 Å². The van der Waals surface area contributed by atoms with Gasteiger partial charge in [-0.1, -0.05) is 0 Å². The molecule has 3 N–H and O–H groups in total. The van der Waals surface area contributed by atoms with Crippen LogP contribution in [0.3, 0.4) is 0 Å². The number of hydrogen-bond donors (Lipinski definition) is 2. The molecule has 0 saturated carbocycles. The quantitative estimate of drug-likeness (QED) is 0.871. The lowest BCUT2D eigenvalue weighted by molar-refractivity contribution is 0.392. The molecule has 1 aliphatic heterocycles. The van der Waals surface area contributed by atoms with E-state index in [-0.39, 0.29) is 11.6 Å². The molecule has 0 aliphatic carbocycles. The summed E-state index contributed by atoms with van der Waals surface area (Å²) in [5, 5.41) is 8.46. The molecule has 0 atom stereocenters. The summed E-state index contributed by atoms with van der Waals surface area (Å²) in [6.07, 6.45) is 2.23. The van der Waals surface area contributed by atoms with Gasteiger partial charge in [0.25, 0.3) is 10.0 Å². The van der Waals surface area contributed by atoms with Gasteiger partial charge in [0, 0.05) is 30.1 Å². The zero-order valence-electron chi connectivity index (χ0n) is 10.2. The average molecular weight is 298 g/mol. The van der Waals surface area contributed by atoms with E-state index in [1.54, 1.807) is 11.3 Å². The van der Waals surface area contributed by atoms with Gasteiger partial charge in [-0.3, -0.25) is 5.10 Å². The highest BCUT2D eigenvalue weighted by Gasteiger charge is 2.31. The molecule has 8 heteroatoms. The number of aromatic amines is 1. The maximum atomic E-state index is 12.6. The van der Waals surface area contributed by atoms with Crippen LogP contribution in [-0.4, -0.2) is 29.5 Å². The first-order chi connectivity index (χ1) is 9.13. The third-order valence-electron chi connectivity index (χ3n) is 3.27. The van der Waals surface area contributed by atoms with E-state index in [1.165, 1.54) is 15.4 Å². The Morgan fingerprint density at radius 1 is 1.53 bits per heavy atom. The van der Waals surface area contributed by atoms with Gasteiger partial charge < -0.3 is 5.73 Å². The van der Waals surface area contributed by atoms with Crippen molar-refractivity contribution in [1.82, 2.24) is 14.5 Å². The van der Waals surface area contributed by atoms with Gasteiger partial charge in [0.15, 0.2) is 5.03 Å². The average Bonchev–Trinajstić information content (AvgIpc) is 3.06. The Labute approximate surface area is 115 Å². The lowest BCUT2D eigenvalue weighted by Gasteiger charge is -2.25. The third-order valence-corrected chi connectivity index (χ3v) is 6.15. The highest BCUT2D eigenvalue weighted by atomic mass is 32.2. The molecule has 0 unspecified atom stereocenters. The van der Waals surface area contributed by atoms with Crippen LogP contribution < -0.4 is 5.73 Å². The highest BCUT2D eigenvalue weighted by Crippen LogP contribution is 2.28. The van der Waals surface area contributed by atoms with Crippen molar-refractivity contribution in [3.63, 3.8) is 0 Å². The van der Waals surface area contributed by atoms with Gasteiger partial charge in [-0.05, 0) is 23.4 Å². The number of nitrogens with zero attached hydrogens (tertiary/aromatic N) is 2. The van der Waals surface area contributed by atoms with Crippen LogP contribution in [0, 0.1) is 0 Å². The van der Waals surface area contributed by atoms with E-state index in [2.05, 4.69) is 10.2 Å². The Hall–Kier alpha value is -1.22. The zero-order valence-corrected chi connectivity index (χ0v) is 11.8. The second kappa shape index (κ2) is 4.71. The minimum atomic E-state index is -3.54. The minimum Gasteiger partial charge on any atom is -0.326 e. The number of sulfonamides is 1. The summed E-state index contributed by atoms with van der Waals surface area (Å²) in [6, 6.07) is 1.98. The Morgan fingerprint density at radius 2 is 2.37 bits per heavy atom. The molecule has 2 aromatic heterocycles. The van der Waals surface area contributed by atoms with Gasteiger partial charge in [0.1, 0.15) is 0 Å². The first-order valence-electron chi connectivity index (χ1n) is 5.90. The van der Waals surface area contributed by atoms with E-state index in [4.69, 9.17) is 5.73 Å². The van der Waals surface area contributed by atoms with Gasteiger partial charge in [-0.15, -0.1) is 11.3 Å². The van der Waals surface area contributed by atoms with Crippen LogP contribution in [0.5, 0.6) is 0 Å². The molecule has 19 heavy (non-hydrogen) atoms. The van der Waals surface area contributed by atoms with Crippen molar-refractivity contribution in [2.24, 2.45) is 5.73 Å². The first-order valence-corrected chi connectivity index (χ1v) is 8.22. The van der Waals surface area contributed by atoms with E-state index < -0.39 is 10.0 Å². The molecular formula is C11H14N4O2S2. The first kappa shape index (κ1) is 12.8. The van der Waals surface area contributed by atoms with Crippen LogP contribution in [0.4, 0.5) is 0 Å². The number of H-pyrrole nitrogens is 1. The minimum absolute atomic E-state index is 0.119. The number of rotatable bonds is 3. The van der Waals surface area contributed by atoms with Crippen molar-refractivity contribution in [1.29, 1.82) is 0 Å². The fraction of sp³-hybridized carbons (Fsp3) is 0.364. The molecule has 2 aromatic rings. The molecule has 0 radical (unpaired) electrons. The Balaban J connectivity index is 1.94. The van der Waals surface area contributed by atoms with Crippen molar-refractivity contribution in [2.75, 3.05) is 6.54 Å². The molecule has 0 bridgehead atoms. The number of nitrogens with two attached hydrogens (primary N) is 1. The van der Waals surface area contributed by atoms with E-state index in [1.807, 2.05) is 11.4 Å². The topological polar surface area (TPSA) is 92.1 Å². The van der Waals surface area contributed by atoms with Gasteiger partial charge in [-0.2, -0.15) is 9.40 Å². The third kappa shape index (κ3) is 2.10. The van der Waals surface area contributed by atoms with Crippen LogP contribution in [0.2, 0.25) is 0 Å². The lowest BCUT2D eigenvalue weighted by Crippen LogP contribution is -2.36. The number of nitrogens with one attached hydrogen (secondary N) is 1. The summed E-state index contributed by atoms with van der Waals surface area (Å²) >= 11 is 1.68. The second-order valence-corrected chi connectivity index (χ2v) is 7.26. The van der Waals surface area contributed by atoms with Crippen molar-refractivity contribution >= 4 is 21.4 Å². The predicted molar refractivity (Wildman–Crippen MR) is 72.1 cm³/mol. The largest absolute Gasteiger partial charge is 0.326 e. The lowest BCUT2D eigenvalue weighted by atomic mass is 10.1. The summed E-state index contributed by atoms with van der Waals surface area (Å²) in [5.41, 5.74) is 7.16. The molecule has 6 nitrogen and oxygen atoms in total. The maximum Gasteiger partial charge on any atom is 0.260 e. The molecular weight excluding hydrogens is 284 g/mol. The molecule has 3 rings (SSSR count). The van der Waals surface area contributed by atoms with Crippen molar-refractivity contribution in [3.8, 4) is 0 Å². The Bertz CT molecular complexity index is 689. The second-order valence-electron chi connectivity index (χ2n) is 4.39. The molecule has 0 aromatic carbocycles. The summed E-state index contributed by atoms with van der Waals surface area (Å²) in [5.74, 6) is 0. The van der Waals surface area contributed by atoms with E-state index in [0.29, 0.717) is 18.7 Å².